The van der Waals surface area contributed by atoms with Gasteiger partial charge in [0.25, 0.3) is 0 Å². The summed E-state index contributed by atoms with van der Waals surface area (Å²) in [5.41, 5.74) is 0.313. The van der Waals surface area contributed by atoms with Crippen molar-refractivity contribution in [2.45, 2.75) is 51.7 Å². The molecule has 0 aromatic carbocycles. The highest BCUT2D eigenvalue weighted by Crippen LogP contribution is 2.62. The number of nitrogens with zero attached hydrogens (tertiary/aromatic N) is 2. The van der Waals surface area contributed by atoms with Crippen molar-refractivity contribution < 1.29 is 9.53 Å². The van der Waals surface area contributed by atoms with E-state index in [1.165, 1.54) is 19.3 Å². The molecule has 1 spiro atoms. The fourth-order valence-corrected chi connectivity index (χ4v) is 4.34. The number of halogens is 1. The zero-order valence-corrected chi connectivity index (χ0v) is 18.2. The van der Waals surface area contributed by atoms with E-state index in [0.29, 0.717) is 29.4 Å². The molecule has 3 fully saturated rings. The second kappa shape index (κ2) is 8.41. The molecule has 1 amide bonds. The molecular weight excluding hydrogens is 431 g/mol. The minimum absolute atomic E-state index is 0. The lowest BCUT2D eigenvalue weighted by Gasteiger charge is -2.63. The lowest BCUT2D eigenvalue weighted by Crippen LogP contribution is -2.72. The van der Waals surface area contributed by atoms with E-state index < -0.39 is 0 Å². The molecule has 3 rings (SSSR count). The number of aliphatic imine (C=N–C) groups is 1. The molecule has 2 N–H and O–H groups in total. The summed E-state index contributed by atoms with van der Waals surface area (Å²) in [6, 6.07) is 0.437. The molecule has 6 nitrogen and oxygen atoms in total. The number of rotatable bonds is 5. The number of guanidine groups is 1. The Morgan fingerprint density at radius 3 is 2.64 bits per heavy atom. The van der Waals surface area contributed by atoms with Crippen LogP contribution in [0.15, 0.2) is 4.99 Å². The molecule has 1 saturated heterocycles. The highest BCUT2D eigenvalue weighted by Gasteiger charge is 2.66. The number of nitrogens with one attached hydrogen (secondary N) is 2. The zero-order chi connectivity index (χ0) is 17.3. The van der Waals surface area contributed by atoms with Gasteiger partial charge in [-0.25, -0.2) is 4.99 Å². The predicted molar refractivity (Wildman–Crippen MR) is 110 cm³/mol. The Bertz CT molecular complexity index is 505. The van der Waals surface area contributed by atoms with Crippen LogP contribution in [0.3, 0.4) is 0 Å². The summed E-state index contributed by atoms with van der Waals surface area (Å²) >= 11 is 0. The standard InChI is InChI=1S/C18H32N4O2.HI/c1-12(2)10-19-17(20-11-14(23)22(3)4)21-15-13-6-9-24-16(13)18(15)7-5-8-18;/h12-13,15-16H,5-11H2,1-4H3,(H2,19,20,21);1H. The molecule has 3 unspecified atom stereocenters. The van der Waals surface area contributed by atoms with Crippen LogP contribution in [0.4, 0.5) is 0 Å². The van der Waals surface area contributed by atoms with E-state index >= 15 is 0 Å². The van der Waals surface area contributed by atoms with Gasteiger partial charge in [0.1, 0.15) is 6.54 Å². The monoisotopic (exact) mass is 464 g/mol. The zero-order valence-electron chi connectivity index (χ0n) is 15.9. The lowest BCUT2D eigenvalue weighted by atomic mass is 9.46. The van der Waals surface area contributed by atoms with Gasteiger partial charge in [0.2, 0.25) is 5.91 Å². The first-order chi connectivity index (χ1) is 11.4. The van der Waals surface area contributed by atoms with E-state index in [-0.39, 0.29) is 36.4 Å². The van der Waals surface area contributed by atoms with Crippen molar-refractivity contribution in [3.63, 3.8) is 0 Å². The molecule has 3 atom stereocenters. The first kappa shape index (κ1) is 20.7. The van der Waals surface area contributed by atoms with E-state index in [2.05, 4.69) is 29.5 Å². The SMILES string of the molecule is CC(C)CNC(=NCC(=O)N(C)C)NC1C2CCOC2C12CCC2.I. The number of likely N-dealkylation sites (N-methyl/N-ethyl adjacent to an activating group) is 1. The molecule has 0 aromatic rings. The first-order valence-electron chi connectivity index (χ1n) is 9.30. The summed E-state index contributed by atoms with van der Waals surface area (Å²) in [6.45, 7) is 6.28. The van der Waals surface area contributed by atoms with Gasteiger partial charge in [-0.15, -0.1) is 24.0 Å². The minimum Gasteiger partial charge on any atom is -0.377 e. The molecule has 144 valence electrons. The molecule has 1 aliphatic heterocycles. The Labute approximate surface area is 168 Å². The Kier molecular flexibility index (Phi) is 6.98. The number of ether oxygens (including phenoxy) is 1. The van der Waals surface area contributed by atoms with Crippen LogP contribution in [-0.2, 0) is 9.53 Å². The second-order valence-corrected chi connectivity index (χ2v) is 8.18. The summed E-state index contributed by atoms with van der Waals surface area (Å²) in [5.74, 6) is 1.93. The van der Waals surface area contributed by atoms with Crippen molar-refractivity contribution >= 4 is 35.8 Å². The topological polar surface area (TPSA) is 66.0 Å². The maximum atomic E-state index is 11.9. The molecule has 1 heterocycles. The number of hydrogen-bond acceptors (Lipinski definition) is 3. The minimum atomic E-state index is 0. The molecule has 2 aliphatic carbocycles. The molecular formula is C18H33IN4O2. The molecule has 2 saturated carbocycles. The second-order valence-electron chi connectivity index (χ2n) is 8.18. The summed E-state index contributed by atoms with van der Waals surface area (Å²) in [6.07, 6.45) is 5.38. The average Bonchev–Trinajstić information content (AvgIpc) is 2.89. The number of hydrogen-bond donors (Lipinski definition) is 2. The smallest absolute Gasteiger partial charge is 0.243 e. The van der Waals surface area contributed by atoms with Gasteiger partial charge >= 0.3 is 0 Å². The highest BCUT2D eigenvalue weighted by atomic mass is 127. The van der Waals surface area contributed by atoms with Gasteiger partial charge in [-0.2, -0.15) is 0 Å². The fraction of sp³-hybridized carbons (Fsp3) is 0.889. The third-order valence-electron chi connectivity index (χ3n) is 5.88. The largest absolute Gasteiger partial charge is 0.377 e. The number of carbonyl (C=O) groups is 1. The Morgan fingerprint density at radius 1 is 1.36 bits per heavy atom. The van der Waals surface area contributed by atoms with Gasteiger partial charge in [-0.1, -0.05) is 20.3 Å². The third-order valence-corrected chi connectivity index (χ3v) is 5.88. The first-order valence-corrected chi connectivity index (χ1v) is 9.30. The van der Waals surface area contributed by atoms with Gasteiger partial charge in [-0.3, -0.25) is 4.79 Å². The van der Waals surface area contributed by atoms with Gasteiger partial charge < -0.3 is 20.3 Å². The van der Waals surface area contributed by atoms with Crippen LogP contribution in [0.1, 0.15) is 39.5 Å². The van der Waals surface area contributed by atoms with E-state index in [1.807, 2.05) is 0 Å². The van der Waals surface area contributed by atoms with Crippen LogP contribution < -0.4 is 10.6 Å². The average molecular weight is 464 g/mol. The molecule has 0 bridgehead atoms. The number of carbonyl (C=O) groups excluding carboxylic acids is 1. The summed E-state index contributed by atoms with van der Waals surface area (Å²) in [7, 11) is 3.53. The predicted octanol–water partition coefficient (Wildman–Crippen LogP) is 1.84. The van der Waals surface area contributed by atoms with Crippen molar-refractivity contribution in [3.8, 4) is 0 Å². The maximum Gasteiger partial charge on any atom is 0.243 e. The van der Waals surface area contributed by atoms with E-state index in [1.54, 1.807) is 19.0 Å². The van der Waals surface area contributed by atoms with Crippen LogP contribution >= 0.6 is 24.0 Å². The molecule has 25 heavy (non-hydrogen) atoms. The van der Waals surface area contributed by atoms with Gasteiger partial charge in [0, 0.05) is 44.6 Å². The lowest BCUT2D eigenvalue weighted by molar-refractivity contribution is -0.171. The van der Waals surface area contributed by atoms with Gasteiger partial charge in [-0.05, 0) is 25.2 Å². The highest BCUT2D eigenvalue weighted by molar-refractivity contribution is 14.0. The summed E-state index contributed by atoms with van der Waals surface area (Å²) in [5, 5.41) is 7.06. The molecule has 3 aliphatic rings. The van der Waals surface area contributed by atoms with Crippen LogP contribution in [0.5, 0.6) is 0 Å². The molecule has 7 heteroatoms. The van der Waals surface area contributed by atoms with Crippen LogP contribution in [0.2, 0.25) is 0 Å². The Balaban J connectivity index is 0.00000225. The summed E-state index contributed by atoms with van der Waals surface area (Å²) in [4.78, 5) is 18.0. The van der Waals surface area contributed by atoms with E-state index in [0.717, 1.165) is 25.5 Å². The third kappa shape index (κ3) is 4.07. The van der Waals surface area contributed by atoms with Crippen molar-refractivity contribution in [1.29, 1.82) is 0 Å². The number of fused-ring (bicyclic) bond motifs is 2. The van der Waals surface area contributed by atoms with Crippen molar-refractivity contribution in [2.75, 3.05) is 33.8 Å². The van der Waals surface area contributed by atoms with Crippen LogP contribution in [0, 0.1) is 17.3 Å². The van der Waals surface area contributed by atoms with Crippen molar-refractivity contribution in [2.24, 2.45) is 22.2 Å². The Hall–Kier alpha value is -0.570. The number of amides is 1. The Morgan fingerprint density at radius 2 is 2.08 bits per heavy atom. The van der Waals surface area contributed by atoms with Gasteiger partial charge in [0.15, 0.2) is 5.96 Å². The van der Waals surface area contributed by atoms with E-state index in [4.69, 9.17) is 4.74 Å². The van der Waals surface area contributed by atoms with Crippen LogP contribution in [-0.4, -0.2) is 62.7 Å². The normalized spacial score (nSPS) is 29.3. The molecule has 0 radical (unpaired) electrons. The fourth-order valence-electron chi connectivity index (χ4n) is 4.34. The molecule has 0 aromatic heterocycles. The summed E-state index contributed by atoms with van der Waals surface area (Å²) < 4.78 is 5.99. The van der Waals surface area contributed by atoms with Gasteiger partial charge in [0.05, 0.1) is 6.10 Å². The van der Waals surface area contributed by atoms with E-state index in [9.17, 15) is 4.79 Å². The van der Waals surface area contributed by atoms with Crippen molar-refractivity contribution in [1.82, 2.24) is 15.5 Å². The van der Waals surface area contributed by atoms with Crippen LogP contribution in [0.25, 0.3) is 0 Å². The maximum absolute atomic E-state index is 11.9. The van der Waals surface area contributed by atoms with Crippen molar-refractivity contribution in [3.05, 3.63) is 0 Å². The quantitative estimate of drug-likeness (QED) is 0.370.